The van der Waals surface area contributed by atoms with Gasteiger partial charge in [-0.05, 0) is 24.3 Å². The van der Waals surface area contributed by atoms with E-state index < -0.39 is 42.0 Å². The molecule has 0 fully saturated rings. The molecule has 0 bridgehead atoms. The van der Waals surface area contributed by atoms with Crippen molar-refractivity contribution in [2.45, 2.75) is 11.9 Å². The zero-order valence-corrected chi connectivity index (χ0v) is 11.9. The molecular weight excluding hydrogens is 312 g/mol. The van der Waals surface area contributed by atoms with Crippen LogP contribution < -0.4 is 4.74 Å². The molecule has 1 aliphatic rings. The Morgan fingerprint density at radius 2 is 1.91 bits per heavy atom. The lowest BCUT2D eigenvalue weighted by Gasteiger charge is -2.29. The Hall–Kier alpha value is -2.78. The van der Waals surface area contributed by atoms with Crippen LogP contribution in [-0.2, 0) is 14.3 Å². The molecule has 0 radical (unpaired) electrons. The van der Waals surface area contributed by atoms with Crippen molar-refractivity contribution < 1.29 is 44.2 Å². The quantitative estimate of drug-likeness (QED) is 0.426. The Labute approximate surface area is 129 Å². The van der Waals surface area contributed by atoms with Crippen molar-refractivity contribution in [2.24, 2.45) is 0 Å². The third kappa shape index (κ3) is 3.05. The zero-order chi connectivity index (χ0) is 17.2. The summed E-state index contributed by atoms with van der Waals surface area (Å²) in [5.41, 5.74) is 0.00897. The summed E-state index contributed by atoms with van der Waals surface area (Å²) in [4.78, 5) is 23.2. The van der Waals surface area contributed by atoms with Gasteiger partial charge in [-0.3, -0.25) is 0 Å². The average molecular weight is 326 g/mol. The van der Waals surface area contributed by atoms with E-state index in [9.17, 15) is 30.0 Å². The number of hydrogen-bond acceptors (Lipinski definition) is 9. The number of esters is 2. The lowest BCUT2D eigenvalue weighted by atomic mass is 10.1. The standard InChI is InChI=1S/C14H14O9/c1-21-8-4-2-7(3-5-8)12(18)23-14(20,6-15)11-9(16)10(17)13(19)22-11/h2-5,11,15-17,20H,6H2,1H3/t11-,14+/m0/s1. The van der Waals surface area contributed by atoms with E-state index in [2.05, 4.69) is 4.74 Å². The highest BCUT2D eigenvalue weighted by Gasteiger charge is 2.52. The SMILES string of the molecule is COc1ccc(C(=O)O[C@](O)(CO)[C@H]2OC(=O)C(O)=C2O)cc1. The van der Waals surface area contributed by atoms with Gasteiger partial charge in [0, 0.05) is 0 Å². The summed E-state index contributed by atoms with van der Waals surface area (Å²) < 4.78 is 14.2. The van der Waals surface area contributed by atoms with Crippen LogP contribution in [0.1, 0.15) is 10.4 Å². The molecular formula is C14H14O9. The summed E-state index contributed by atoms with van der Waals surface area (Å²) >= 11 is 0. The smallest absolute Gasteiger partial charge is 0.378 e. The van der Waals surface area contributed by atoms with E-state index in [0.29, 0.717) is 5.75 Å². The van der Waals surface area contributed by atoms with Crippen LogP contribution in [0, 0.1) is 0 Å². The first kappa shape index (κ1) is 16.6. The molecule has 1 aliphatic heterocycles. The van der Waals surface area contributed by atoms with Crippen molar-refractivity contribution in [2.75, 3.05) is 13.7 Å². The van der Waals surface area contributed by atoms with Crippen LogP contribution in [0.4, 0.5) is 0 Å². The molecule has 4 N–H and O–H groups in total. The molecule has 0 aliphatic carbocycles. The molecule has 124 valence electrons. The van der Waals surface area contributed by atoms with Crippen molar-refractivity contribution in [3.63, 3.8) is 0 Å². The minimum absolute atomic E-state index is 0.00897. The van der Waals surface area contributed by atoms with Gasteiger partial charge in [-0.1, -0.05) is 0 Å². The van der Waals surface area contributed by atoms with E-state index in [1.807, 2.05) is 0 Å². The fourth-order valence-corrected chi connectivity index (χ4v) is 1.87. The lowest BCUT2D eigenvalue weighted by Crippen LogP contribution is -2.50. The van der Waals surface area contributed by atoms with Gasteiger partial charge >= 0.3 is 11.9 Å². The number of aliphatic hydroxyl groups is 4. The van der Waals surface area contributed by atoms with Gasteiger partial charge in [0.2, 0.25) is 11.9 Å². The second kappa shape index (κ2) is 6.15. The van der Waals surface area contributed by atoms with Gasteiger partial charge in [0.1, 0.15) is 12.4 Å². The number of hydrogen-bond donors (Lipinski definition) is 4. The Kier molecular flexibility index (Phi) is 4.43. The molecule has 0 saturated heterocycles. The summed E-state index contributed by atoms with van der Waals surface area (Å²) in [7, 11) is 1.44. The molecule has 1 aromatic rings. The molecule has 1 heterocycles. The average Bonchev–Trinajstić information content (AvgIpc) is 2.82. The number of ether oxygens (including phenoxy) is 3. The molecule has 9 heteroatoms. The maximum atomic E-state index is 12.0. The maximum Gasteiger partial charge on any atom is 0.378 e. The Morgan fingerprint density at radius 3 is 2.35 bits per heavy atom. The Balaban J connectivity index is 2.20. The molecule has 0 unspecified atom stereocenters. The van der Waals surface area contributed by atoms with Crippen molar-refractivity contribution in [1.29, 1.82) is 0 Å². The summed E-state index contributed by atoms with van der Waals surface area (Å²) in [6.45, 7) is -1.19. The van der Waals surface area contributed by atoms with Gasteiger partial charge in [0.05, 0.1) is 12.7 Å². The molecule has 0 saturated carbocycles. The van der Waals surface area contributed by atoms with E-state index in [1.54, 1.807) is 0 Å². The summed E-state index contributed by atoms with van der Waals surface area (Å²) in [5, 5.41) is 38.2. The van der Waals surface area contributed by atoms with Crippen LogP contribution in [0.15, 0.2) is 35.8 Å². The highest BCUT2D eigenvalue weighted by Crippen LogP contribution is 2.29. The molecule has 9 nitrogen and oxygen atoms in total. The number of carbonyl (C=O) groups excluding carboxylic acids is 2. The van der Waals surface area contributed by atoms with Gasteiger partial charge in [-0.2, -0.15) is 0 Å². The van der Waals surface area contributed by atoms with Gasteiger partial charge in [-0.15, -0.1) is 0 Å². The van der Waals surface area contributed by atoms with Crippen LogP contribution in [0.3, 0.4) is 0 Å². The maximum absolute atomic E-state index is 12.0. The Bertz CT molecular complexity index is 649. The first-order valence-electron chi connectivity index (χ1n) is 6.36. The van der Waals surface area contributed by atoms with Gasteiger partial charge < -0.3 is 34.6 Å². The minimum Gasteiger partial charge on any atom is -0.505 e. The summed E-state index contributed by atoms with van der Waals surface area (Å²) in [6, 6.07) is 5.61. The molecule has 2 atom stereocenters. The van der Waals surface area contributed by atoms with Gasteiger partial charge in [0.25, 0.3) is 5.79 Å². The van der Waals surface area contributed by atoms with Gasteiger partial charge in [0.15, 0.2) is 5.76 Å². The van der Waals surface area contributed by atoms with E-state index >= 15 is 0 Å². The van der Waals surface area contributed by atoms with Crippen molar-refractivity contribution in [1.82, 2.24) is 0 Å². The number of cyclic esters (lactones) is 1. The molecule has 23 heavy (non-hydrogen) atoms. The van der Waals surface area contributed by atoms with E-state index in [4.69, 9.17) is 9.47 Å². The van der Waals surface area contributed by atoms with E-state index in [0.717, 1.165) is 0 Å². The largest absolute Gasteiger partial charge is 0.505 e. The topological polar surface area (TPSA) is 143 Å². The number of carbonyl (C=O) groups is 2. The predicted molar refractivity (Wildman–Crippen MR) is 72.6 cm³/mol. The highest BCUT2D eigenvalue weighted by atomic mass is 16.7. The van der Waals surface area contributed by atoms with Crippen molar-refractivity contribution >= 4 is 11.9 Å². The second-order valence-corrected chi connectivity index (χ2v) is 4.64. The van der Waals surface area contributed by atoms with Gasteiger partial charge in [-0.25, -0.2) is 9.59 Å². The van der Waals surface area contributed by atoms with Crippen LogP contribution in [0.5, 0.6) is 5.75 Å². The first-order valence-corrected chi connectivity index (χ1v) is 6.36. The second-order valence-electron chi connectivity index (χ2n) is 4.64. The minimum atomic E-state index is -2.76. The van der Waals surface area contributed by atoms with Crippen molar-refractivity contribution in [3.05, 3.63) is 41.3 Å². The van der Waals surface area contributed by atoms with Crippen LogP contribution >= 0.6 is 0 Å². The van der Waals surface area contributed by atoms with E-state index in [1.165, 1.54) is 31.4 Å². The third-order valence-electron chi connectivity index (χ3n) is 3.14. The summed E-state index contributed by atoms with van der Waals surface area (Å²) in [6.07, 6.45) is -1.94. The number of aliphatic hydroxyl groups excluding tert-OH is 3. The monoisotopic (exact) mass is 326 g/mol. The first-order chi connectivity index (χ1) is 10.8. The van der Waals surface area contributed by atoms with Crippen LogP contribution in [0.2, 0.25) is 0 Å². The number of rotatable bonds is 5. The van der Waals surface area contributed by atoms with E-state index in [-0.39, 0.29) is 5.56 Å². The number of benzene rings is 1. The highest BCUT2D eigenvalue weighted by molar-refractivity contribution is 5.91. The van der Waals surface area contributed by atoms with Crippen molar-refractivity contribution in [3.8, 4) is 5.75 Å². The molecule has 0 amide bonds. The van der Waals surface area contributed by atoms with Crippen LogP contribution in [-0.4, -0.2) is 58.0 Å². The lowest BCUT2D eigenvalue weighted by molar-refractivity contribution is -0.241. The molecule has 2 rings (SSSR count). The number of methoxy groups -OCH3 is 1. The molecule has 0 aromatic heterocycles. The fourth-order valence-electron chi connectivity index (χ4n) is 1.87. The fraction of sp³-hybridized carbons (Fsp3) is 0.286. The normalized spacial score (nSPS) is 20.0. The third-order valence-corrected chi connectivity index (χ3v) is 3.14. The molecule has 0 spiro atoms. The molecule has 1 aromatic carbocycles. The summed E-state index contributed by atoms with van der Waals surface area (Å²) in [5.74, 6) is -6.84. The Morgan fingerprint density at radius 1 is 1.30 bits per heavy atom. The zero-order valence-electron chi connectivity index (χ0n) is 11.9. The van der Waals surface area contributed by atoms with Crippen LogP contribution in [0.25, 0.3) is 0 Å². The predicted octanol–water partition coefficient (Wildman–Crippen LogP) is -0.214.